The number of fused-ring (bicyclic) bond motifs is 1. The zero-order valence-corrected chi connectivity index (χ0v) is 12.1. The number of sulfonamides is 1. The fraction of sp³-hybridized carbons (Fsp3) is 0.417. The minimum Gasteiger partial charge on any atom is -0.481 e. The molecular weight excluding hydrogens is 298 g/mol. The zero-order chi connectivity index (χ0) is 15.6. The lowest BCUT2D eigenvalue weighted by molar-refractivity contribution is -0.141. The average molecular weight is 313 g/mol. The van der Waals surface area contributed by atoms with Crippen LogP contribution < -0.4 is 5.32 Å². The van der Waals surface area contributed by atoms with Crippen LogP contribution in [0.4, 0.5) is 0 Å². The second-order valence-electron chi connectivity index (χ2n) is 4.80. The molecule has 21 heavy (non-hydrogen) atoms. The Morgan fingerprint density at radius 3 is 2.86 bits per heavy atom. The van der Waals surface area contributed by atoms with Crippen LogP contribution in [0.25, 0.3) is 0 Å². The molecule has 2 N–H and O–H groups in total. The molecule has 2 rings (SSSR count). The van der Waals surface area contributed by atoms with Crippen molar-refractivity contribution in [2.75, 3.05) is 18.8 Å². The number of amidine groups is 1. The summed E-state index contributed by atoms with van der Waals surface area (Å²) in [4.78, 5) is 24.2. The molecule has 2 aliphatic rings. The van der Waals surface area contributed by atoms with Crippen molar-refractivity contribution in [3.63, 3.8) is 0 Å². The summed E-state index contributed by atoms with van der Waals surface area (Å²) in [6.45, 7) is 1.75. The first-order valence-corrected chi connectivity index (χ1v) is 7.89. The van der Waals surface area contributed by atoms with E-state index in [-0.39, 0.29) is 24.7 Å². The third-order valence-electron chi connectivity index (χ3n) is 3.08. The van der Waals surface area contributed by atoms with Crippen LogP contribution >= 0.6 is 0 Å². The van der Waals surface area contributed by atoms with Crippen LogP contribution in [0, 0.1) is 5.92 Å². The van der Waals surface area contributed by atoms with E-state index < -0.39 is 27.8 Å². The van der Waals surface area contributed by atoms with Crippen molar-refractivity contribution < 1.29 is 23.1 Å². The van der Waals surface area contributed by atoms with Crippen LogP contribution in [0.3, 0.4) is 0 Å². The molecule has 0 aromatic rings. The van der Waals surface area contributed by atoms with E-state index in [1.54, 1.807) is 4.90 Å². The van der Waals surface area contributed by atoms with Gasteiger partial charge in [0.2, 0.25) is 0 Å². The van der Waals surface area contributed by atoms with E-state index in [0.29, 0.717) is 5.57 Å². The topological polar surface area (TPSA) is 116 Å². The van der Waals surface area contributed by atoms with Gasteiger partial charge < -0.3 is 15.3 Å². The highest BCUT2D eigenvalue weighted by Crippen LogP contribution is 2.15. The molecule has 0 spiro atoms. The number of aliphatic carboxylic acids is 1. The number of carbonyl (C=O) groups excluding carboxylic acids is 1. The van der Waals surface area contributed by atoms with Crippen molar-refractivity contribution in [3.8, 4) is 0 Å². The summed E-state index contributed by atoms with van der Waals surface area (Å²) in [5.41, 5.74) is 0.325. The Bertz CT molecular complexity index is 662. The van der Waals surface area contributed by atoms with Crippen molar-refractivity contribution in [2.24, 2.45) is 10.3 Å². The first-order valence-electron chi connectivity index (χ1n) is 6.29. The summed E-state index contributed by atoms with van der Waals surface area (Å²) < 4.78 is 26.3. The fourth-order valence-corrected chi connectivity index (χ4v) is 2.74. The van der Waals surface area contributed by atoms with Crippen LogP contribution in [0.5, 0.6) is 0 Å². The van der Waals surface area contributed by atoms with Gasteiger partial charge in [-0.3, -0.25) is 9.59 Å². The molecule has 2 aliphatic heterocycles. The van der Waals surface area contributed by atoms with Gasteiger partial charge in [0.05, 0.1) is 17.2 Å². The number of rotatable bonds is 4. The maximum Gasteiger partial charge on any atom is 0.308 e. The quantitative estimate of drug-likeness (QED) is 0.710. The number of carboxylic acids is 1. The van der Waals surface area contributed by atoms with E-state index in [9.17, 15) is 18.0 Å². The van der Waals surface area contributed by atoms with Gasteiger partial charge in [-0.1, -0.05) is 6.92 Å². The molecule has 0 saturated carbocycles. The van der Waals surface area contributed by atoms with Gasteiger partial charge in [-0.05, 0) is 12.2 Å². The lowest BCUT2D eigenvalue weighted by Crippen LogP contribution is -2.38. The Labute approximate surface area is 121 Å². The standard InChI is InChI=1S/C12H15N3O5S/c1-8(12(17)18)6-13-11(16)9-2-3-10-14-21(19,20)5-4-15(10)7-9/h2-3,7-8H,4-6H2,1H3,(H,13,16)(H,17,18). The van der Waals surface area contributed by atoms with Gasteiger partial charge in [-0.2, -0.15) is 0 Å². The van der Waals surface area contributed by atoms with Crippen LogP contribution in [0.15, 0.2) is 28.3 Å². The predicted octanol–water partition coefficient (Wildman–Crippen LogP) is -0.679. The van der Waals surface area contributed by atoms with Crippen LogP contribution in [-0.2, 0) is 19.6 Å². The second kappa shape index (κ2) is 5.68. The van der Waals surface area contributed by atoms with E-state index in [4.69, 9.17) is 5.11 Å². The highest BCUT2D eigenvalue weighted by atomic mass is 32.2. The lowest BCUT2D eigenvalue weighted by Gasteiger charge is -2.27. The number of nitrogens with zero attached hydrogens (tertiary/aromatic N) is 2. The van der Waals surface area contributed by atoms with Crippen molar-refractivity contribution in [1.29, 1.82) is 0 Å². The molecule has 9 heteroatoms. The Morgan fingerprint density at radius 2 is 2.19 bits per heavy atom. The average Bonchev–Trinajstić information content (AvgIpc) is 2.42. The summed E-state index contributed by atoms with van der Waals surface area (Å²) >= 11 is 0. The molecule has 0 fully saturated rings. The molecule has 0 aromatic heterocycles. The molecule has 2 heterocycles. The first-order chi connectivity index (χ1) is 9.78. The summed E-state index contributed by atoms with van der Waals surface area (Å²) in [5, 5.41) is 11.3. The highest BCUT2D eigenvalue weighted by Gasteiger charge is 2.25. The predicted molar refractivity (Wildman–Crippen MR) is 75.0 cm³/mol. The van der Waals surface area contributed by atoms with E-state index in [2.05, 4.69) is 9.71 Å². The fourth-order valence-electron chi connectivity index (χ4n) is 1.77. The minimum atomic E-state index is -3.42. The summed E-state index contributed by atoms with van der Waals surface area (Å²) in [6, 6.07) is 0. The van der Waals surface area contributed by atoms with Gasteiger partial charge in [0.25, 0.3) is 15.9 Å². The van der Waals surface area contributed by atoms with Gasteiger partial charge in [-0.15, -0.1) is 4.40 Å². The minimum absolute atomic E-state index is 0.0225. The molecule has 8 nitrogen and oxygen atoms in total. The number of carbonyl (C=O) groups is 2. The third kappa shape index (κ3) is 3.69. The summed E-state index contributed by atoms with van der Waals surface area (Å²) in [6.07, 6.45) is 4.41. The number of hydrogen-bond donors (Lipinski definition) is 2. The van der Waals surface area contributed by atoms with Gasteiger partial charge in [0.15, 0.2) is 0 Å². The van der Waals surface area contributed by atoms with Crippen LogP contribution in [0.2, 0.25) is 0 Å². The van der Waals surface area contributed by atoms with Gasteiger partial charge in [-0.25, -0.2) is 8.42 Å². The molecular formula is C12H15N3O5S. The van der Waals surface area contributed by atoms with Gasteiger partial charge in [0, 0.05) is 19.3 Å². The van der Waals surface area contributed by atoms with Gasteiger partial charge >= 0.3 is 5.97 Å². The smallest absolute Gasteiger partial charge is 0.308 e. The van der Waals surface area contributed by atoms with Crippen molar-refractivity contribution >= 4 is 27.7 Å². The monoisotopic (exact) mass is 313 g/mol. The molecule has 1 unspecified atom stereocenters. The summed E-state index contributed by atoms with van der Waals surface area (Å²) in [7, 11) is -3.42. The van der Waals surface area contributed by atoms with E-state index >= 15 is 0 Å². The largest absolute Gasteiger partial charge is 0.481 e. The number of hydrogen-bond acceptors (Lipinski definition) is 5. The number of amides is 1. The Hall–Kier alpha value is -2.16. The molecule has 0 saturated heterocycles. The molecule has 1 amide bonds. The second-order valence-corrected chi connectivity index (χ2v) is 6.55. The normalized spacial score (nSPS) is 20.9. The Balaban J connectivity index is 2.04. The van der Waals surface area contributed by atoms with Crippen molar-refractivity contribution in [2.45, 2.75) is 6.92 Å². The van der Waals surface area contributed by atoms with Crippen LogP contribution in [-0.4, -0.2) is 55.0 Å². The van der Waals surface area contributed by atoms with Gasteiger partial charge in [0.1, 0.15) is 5.84 Å². The number of carboxylic acid groups (broad SMARTS) is 1. The lowest BCUT2D eigenvalue weighted by atomic mass is 10.1. The Morgan fingerprint density at radius 1 is 1.48 bits per heavy atom. The van der Waals surface area contributed by atoms with Crippen LogP contribution in [0.1, 0.15) is 6.92 Å². The number of nitrogens with one attached hydrogen (secondary N) is 1. The maximum atomic E-state index is 11.9. The highest BCUT2D eigenvalue weighted by molar-refractivity contribution is 7.90. The van der Waals surface area contributed by atoms with Crippen molar-refractivity contribution in [3.05, 3.63) is 23.9 Å². The SMILES string of the molecule is CC(CNC(=O)C1=CN2CCS(=O)(=O)N=C2C=C1)C(=O)O. The first kappa shape index (κ1) is 15.2. The molecule has 0 aromatic carbocycles. The molecule has 0 radical (unpaired) electrons. The van der Waals surface area contributed by atoms with E-state index in [1.165, 1.54) is 25.3 Å². The molecule has 0 bridgehead atoms. The zero-order valence-electron chi connectivity index (χ0n) is 11.3. The maximum absolute atomic E-state index is 11.9. The molecule has 0 aliphatic carbocycles. The van der Waals surface area contributed by atoms with Crippen molar-refractivity contribution in [1.82, 2.24) is 10.2 Å². The summed E-state index contributed by atoms with van der Waals surface area (Å²) in [5.74, 6) is -1.91. The van der Waals surface area contributed by atoms with E-state index in [0.717, 1.165) is 0 Å². The molecule has 1 atom stereocenters. The molecule has 114 valence electrons. The Kier molecular flexibility index (Phi) is 4.12. The third-order valence-corrected chi connectivity index (χ3v) is 4.24. The van der Waals surface area contributed by atoms with E-state index in [1.807, 2.05) is 0 Å².